The standard InChI is InChI=1S/C14H11N2O5P/c17-13-14(18)16-12-7-9(4-5-11(12)15-13)8-2-1-3-10(6-8)22(19,20)21/h1-7H,(H,15,17)(H,16,18)(H2,19,20,21). The molecule has 7 nitrogen and oxygen atoms in total. The zero-order valence-corrected chi connectivity index (χ0v) is 12.0. The Morgan fingerprint density at radius 2 is 1.45 bits per heavy atom. The van der Waals surface area contributed by atoms with Crippen molar-refractivity contribution < 1.29 is 14.4 Å². The Morgan fingerprint density at radius 3 is 2.14 bits per heavy atom. The lowest BCUT2D eigenvalue weighted by Gasteiger charge is -2.08. The van der Waals surface area contributed by atoms with Crippen molar-refractivity contribution in [3.8, 4) is 11.1 Å². The van der Waals surface area contributed by atoms with Crippen molar-refractivity contribution in [2.75, 3.05) is 0 Å². The predicted octanol–water partition coefficient (Wildman–Crippen LogP) is 0.686. The second kappa shape index (κ2) is 5.06. The van der Waals surface area contributed by atoms with Gasteiger partial charge in [0.25, 0.3) is 0 Å². The molecular formula is C14H11N2O5P. The van der Waals surface area contributed by atoms with Crippen LogP contribution in [0.1, 0.15) is 0 Å². The van der Waals surface area contributed by atoms with E-state index >= 15 is 0 Å². The minimum atomic E-state index is -4.33. The summed E-state index contributed by atoms with van der Waals surface area (Å²) in [5.41, 5.74) is 0.667. The summed E-state index contributed by atoms with van der Waals surface area (Å²) in [6.07, 6.45) is 0. The second-order valence-electron chi connectivity index (χ2n) is 4.76. The summed E-state index contributed by atoms with van der Waals surface area (Å²) in [5, 5.41) is -0.0833. The first-order chi connectivity index (χ1) is 10.3. The molecule has 1 aromatic heterocycles. The van der Waals surface area contributed by atoms with Crippen LogP contribution in [0, 0.1) is 0 Å². The van der Waals surface area contributed by atoms with Gasteiger partial charge in [-0.05, 0) is 35.4 Å². The highest BCUT2D eigenvalue weighted by Gasteiger charge is 2.17. The zero-order valence-electron chi connectivity index (χ0n) is 11.1. The van der Waals surface area contributed by atoms with Crippen LogP contribution in [0.25, 0.3) is 22.2 Å². The molecule has 22 heavy (non-hydrogen) atoms. The average Bonchev–Trinajstić information content (AvgIpc) is 2.47. The molecule has 0 aliphatic heterocycles. The number of H-pyrrole nitrogens is 2. The molecule has 0 radical (unpaired) electrons. The minimum Gasteiger partial charge on any atom is -0.321 e. The van der Waals surface area contributed by atoms with Gasteiger partial charge < -0.3 is 19.8 Å². The normalized spacial score (nSPS) is 11.7. The van der Waals surface area contributed by atoms with Gasteiger partial charge >= 0.3 is 18.7 Å². The molecule has 1 heterocycles. The summed E-state index contributed by atoms with van der Waals surface area (Å²) < 4.78 is 11.3. The Labute approximate surface area is 123 Å². The number of fused-ring (bicyclic) bond motifs is 1. The third-order valence-electron chi connectivity index (χ3n) is 3.24. The molecule has 0 bridgehead atoms. The van der Waals surface area contributed by atoms with Crippen molar-refractivity contribution in [3.05, 3.63) is 63.2 Å². The minimum absolute atomic E-state index is 0.0833. The van der Waals surface area contributed by atoms with Crippen LogP contribution in [-0.4, -0.2) is 19.8 Å². The summed E-state index contributed by atoms with van der Waals surface area (Å²) in [5.74, 6) is 0. The molecule has 0 fully saturated rings. The lowest BCUT2D eigenvalue weighted by atomic mass is 10.1. The van der Waals surface area contributed by atoms with E-state index in [0.717, 1.165) is 0 Å². The van der Waals surface area contributed by atoms with E-state index in [9.17, 15) is 23.9 Å². The number of hydrogen-bond acceptors (Lipinski definition) is 3. The Morgan fingerprint density at radius 1 is 0.818 bits per heavy atom. The summed E-state index contributed by atoms with van der Waals surface area (Å²) >= 11 is 0. The van der Waals surface area contributed by atoms with Gasteiger partial charge in [-0.1, -0.05) is 18.2 Å². The Kier molecular flexibility index (Phi) is 3.33. The van der Waals surface area contributed by atoms with E-state index in [0.29, 0.717) is 22.2 Å². The van der Waals surface area contributed by atoms with E-state index in [2.05, 4.69) is 9.97 Å². The maximum Gasteiger partial charge on any atom is 0.356 e. The van der Waals surface area contributed by atoms with Gasteiger partial charge in [-0.25, -0.2) is 0 Å². The Hall–Kier alpha value is -2.47. The lowest BCUT2D eigenvalue weighted by Crippen LogP contribution is -2.28. The third-order valence-corrected chi connectivity index (χ3v) is 4.19. The van der Waals surface area contributed by atoms with Crippen molar-refractivity contribution in [1.82, 2.24) is 9.97 Å². The average molecular weight is 318 g/mol. The SMILES string of the molecule is O=c1[nH]c2ccc(-c3cccc(P(=O)(O)O)c3)cc2[nH]c1=O. The summed E-state index contributed by atoms with van der Waals surface area (Å²) in [7, 11) is -4.33. The first kappa shape index (κ1) is 14.5. The summed E-state index contributed by atoms with van der Waals surface area (Å²) in [4.78, 5) is 46.0. The topological polar surface area (TPSA) is 123 Å². The van der Waals surface area contributed by atoms with Crippen LogP contribution < -0.4 is 16.4 Å². The Bertz CT molecular complexity index is 1030. The largest absolute Gasteiger partial charge is 0.356 e. The van der Waals surface area contributed by atoms with Gasteiger partial charge in [0.05, 0.1) is 16.3 Å². The molecule has 0 aliphatic rings. The molecular weight excluding hydrogens is 307 g/mol. The number of aromatic nitrogens is 2. The Balaban J connectivity index is 2.19. The van der Waals surface area contributed by atoms with Crippen LogP contribution in [-0.2, 0) is 4.57 Å². The molecule has 0 amide bonds. The quantitative estimate of drug-likeness (QED) is 0.409. The van der Waals surface area contributed by atoms with Gasteiger partial charge in [0, 0.05) is 0 Å². The van der Waals surface area contributed by atoms with E-state index in [1.807, 2.05) is 0 Å². The smallest absolute Gasteiger partial charge is 0.321 e. The number of aromatic amines is 2. The second-order valence-corrected chi connectivity index (χ2v) is 6.37. The predicted molar refractivity (Wildman–Crippen MR) is 82.3 cm³/mol. The fourth-order valence-corrected chi connectivity index (χ4v) is 2.75. The molecule has 0 unspecified atom stereocenters. The van der Waals surface area contributed by atoms with Crippen LogP contribution in [0.3, 0.4) is 0 Å². The maximum atomic E-state index is 11.4. The first-order valence-electron chi connectivity index (χ1n) is 6.27. The van der Waals surface area contributed by atoms with Gasteiger partial charge in [-0.2, -0.15) is 0 Å². The number of hydrogen-bond donors (Lipinski definition) is 4. The van der Waals surface area contributed by atoms with E-state index < -0.39 is 18.7 Å². The van der Waals surface area contributed by atoms with Gasteiger partial charge in [0.2, 0.25) is 0 Å². The lowest BCUT2D eigenvalue weighted by molar-refractivity contribution is 0.387. The van der Waals surface area contributed by atoms with Gasteiger partial charge in [0.15, 0.2) is 0 Å². The van der Waals surface area contributed by atoms with Crippen LogP contribution in [0.5, 0.6) is 0 Å². The van der Waals surface area contributed by atoms with Crippen molar-refractivity contribution in [3.63, 3.8) is 0 Å². The number of benzene rings is 2. The molecule has 2 aromatic carbocycles. The highest BCUT2D eigenvalue weighted by molar-refractivity contribution is 7.60. The molecule has 0 aliphatic carbocycles. The molecule has 0 saturated carbocycles. The van der Waals surface area contributed by atoms with Gasteiger partial charge in [0.1, 0.15) is 0 Å². The highest BCUT2D eigenvalue weighted by Crippen LogP contribution is 2.34. The summed E-state index contributed by atoms with van der Waals surface area (Å²) in [6, 6.07) is 10.9. The van der Waals surface area contributed by atoms with E-state index in [4.69, 9.17) is 0 Å². The van der Waals surface area contributed by atoms with Crippen molar-refractivity contribution in [2.24, 2.45) is 0 Å². The first-order valence-corrected chi connectivity index (χ1v) is 7.89. The fraction of sp³-hybridized carbons (Fsp3) is 0. The van der Waals surface area contributed by atoms with Gasteiger partial charge in [-0.15, -0.1) is 0 Å². The molecule has 0 spiro atoms. The van der Waals surface area contributed by atoms with E-state index in [1.165, 1.54) is 12.1 Å². The number of rotatable bonds is 2. The fourth-order valence-electron chi connectivity index (χ4n) is 2.16. The highest BCUT2D eigenvalue weighted by atomic mass is 31.2. The van der Waals surface area contributed by atoms with E-state index in [1.54, 1.807) is 30.3 Å². The van der Waals surface area contributed by atoms with Crippen molar-refractivity contribution in [2.45, 2.75) is 0 Å². The van der Waals surface area contributed by atoms with Crippen molar-refractivity contribution >= 4 is 23.9 Å². The van der Waals surface area contributed by atoms with Crippen LogP contribution in [0.4, 0.5) is 0 Å². The molecule has 112 valence electrons. The van der Waals surface area contributed by atoms with Crippen LogP contribution in [0.2, 0.25) is 0 Å². The summed E-state index contributed by atoms with van der Waals surface area (Å²) in [6.45, 7) is 0. The number of nitrogens with one attached hydrogen (secondary N) is 2. The van der Waals surface area contributed by atoms with E-state index in [-0.39, 0.29) is 5.30 Å². The zero-order chi connectivity index (χ0) is 15.9. The van der Waals surface area contributed by atoms with Crippen LogP contribution >= 0.6 is 7.60 Å². The van der Waals surface area contributed by atoms with Crippen molar-refractivity contribution in [1.29, 1.82) is 0 Å². The maximum absolute atomic E-state index is 11.4. The molecule has 4 N–H and O–H groups in total. The monoisotopic (exact) mass is 318 g/mol. The molecule has 0 atom stereocenters. The van der Waals surface area contributed by atoms with Gasteiger partial charge in [-0.3, -0.25) is 14.2 Å². The third kappa shape index (κ3) is 2.65. The molecule has 3 rings (SSSR count). The molecule has 3 aromatic rings. The molecule has 8 heteroatoms. The van der Waals surface area contributed by atoms with Crippen LogP contribution in [0.15, 0.2) is 52.1 Å². The molecule has 0 saturated heterocycles.